The third kappa shape index (κ3) is 10.7. The van der Waals surface area contributed by atoms with Crippen molar-refractivity contribution in [3.63, 3.8) is 0 Å². The number of benzene rings is 1. The van der Waals surface area contributed by atoms with Crippen molar-refractivity contribution in [2.75, 3.05) is 13.2 Å². The van der Waals surface area contributed by atoms with Crippen LogP contribution in [0.4, 0.5) is 0 Å². The molecule has 0 saturated heterocycles. The number of carbonyl (C=O) groups excluding carboxylic acids is 1. The van der Waals surface area contributed by atoms with Crippen LogP contribution in [0.15, 0.2) is 24.3 Å². The van der Waals surface area contributed by atoms with Gasteiger partial charge in [0.05, 0.1) is 25.7 Å². The van der Waals surface area contributed by atoms with Crippen LogP contribution in [0.1, 0.15) is 50.2 Å². The van der Waals surface area contributed by atoms with Gasteiger partial charge in [-0.1, -0.05) is 56.9 Å². The zero-order valence-electron chi connectivity index (χ0n) is 15.3. The number of phosphoric acid groups is 1. The topological polar surface area (TPSA) is 116 Å². The van der Waals surface area contributed by atoms with Gasteiger partial charge in [0, 0.05) is 0 Å². The van der Waals surface area contributed by atoms with Crippen molar-refractivity contribution in [3.05, 3.63) is 35.4 Å². The number of rotatable bonds is 13. The predicted molar refractivity (Wildman–Crippen MR) is 99.6 cm³/mol. The summed E-state index contributed by atoms with van der Waals surface area (Å²) in [4.78, 5) is 29.4. The first-order chi connectivity index (χ1) is 12.3. The Morgan fingerprint density at radius 2 is 1.88 bits per heavy atom. The molecule has 0 fully saturated rings. The standard InChI is InChI=1S/C18H30NO6P/c1-2-3-4-5-6-8-15-9-7-10-16(11-15)12-18(21)19-17(13-20)14-25-26(22,23)24/h7,9-11,17,20H,2-6,8,12-14H2,1H3,(H,19,21)(H2,22,23,24)/t17-/m1/s1. The fraction of sp³-hybridized carbons (Fsp3) is 0.611. The minimum Gasteiger partial charge on any atom is -0.394 e. The first-order valence-corrected chi connectivity index (χ1v) is 10.5. The zero-order chi connectivity index (χ0) is 19.4. The van der Waals surface area contributed by atoms with Crippen molar-refractivity contribution >= 4 is 13.7 Å². The molecule has 4 N–H and O–H groups in total. The van der Waals surface area contributed by atoms with Crippen molar-refractivity contribution in [1.82, 2.24) is 5.32 Å². The van der Waals surface area contributed by atoms with Gasteiger partial charge in [0.15, 0.2) is 0 Å². The maximum atomic E-state index is 12.1. The molecular formula is C18H30NO6P. The van der Waals surface area contributed by atoms with E-state index in [1.54, 1.807) is 0 Å². The van der Waals surface area contributed by atoms with Crippen LogP contribution in [0.3, 0.4) is 0 Å². The molecule has 0 unspecified atom stereocenters. The Balaban J connectivity index is 2.45. The van der Waals surface area contributed by atoms with Gasteiger partial charge in [-0.25, -0.2) is 4.57 Å². The molecule has 0 bridgehead atoms. The molecule has 0 saturated carbocycles. The SMILES string of the molecule is CCCCCCCc1cccc(CC(=O)N[C@H](CO)COP(=O)(O)O)c1. The highest BCUT2D eigenvalue weighted by Crippen LogP contribution is 2.35. The highest BCUT2D eigenvalue weighted by Gasteiger charge is 2.19. The van der Waals surface area contributed by atoms with Crippen molar-refractivity contribution in [3.8, 4) is 0 Å². The predicted octanol–water partition coefficient (Wildman–Crippen LogP) is 2.33. The Morgan fingerprint density at radius 1 is 1.19 bits per heavy atom. The molecule has 0 aliphatic carbocycles. The van der Waals surface area contributed by atoms with E-state index in [1.807, 2.05) is 24.3 Å². The molecule has 1 amide bonds. The number of carbonyl (C=O) groups is 1. The molecular weight excluding hydrogens is 357 g/mol. The van der Waals surface area contributed by atoms with Gasteiger partial charge in [-0.15, -0.1) is 0 Å². The summed E-state index contributed by atoms with van der Waals surface area (Å²) in [5.41, 5.74) is 2.05. The van der Waals surface area contributed by atoms with Crippen LogP contribution in [0.5, 0.6) is 0 Å². The summed E-state index contributed by atoms with van der Waals surface area (Å²) < 4.78 is 15.0. The second-order valence-corrected chi connectivity index (χ2v) is 7.63. The summed E-state index contributed by atoms with van der Waals surface area (Å²) >= 11 is 0. The minimum absolute atomic E-state index is 0.135. The van der Waals surface area contributed by atoms with E-state index in [4.69, 9.17) is 9.79 Å². The molecule has 8 heteroatoms. The van der Waals surface area contributed by atoms with Crippen LogP contribution in [0, 0.1) is 0 Å². The molecule has 1 aromatic rings. The number of hydrogen-bond donors (Lipinski definition) is 4. The van der Waals surface area contributed by atoms with Crippen LogP contribution in [0.2, 0.25) is 0 Å². The number of aliphatic hydroxyl groups is 1. The zero-order valence-corrected chi connectivity index (χ0v) is 16.2. The van der Waals surface area contributed by atoms with Crippen LogP contribution >= 0.6 is 7.82 Å². The lowest BCUT2D eigenvalue weighted by atomic mass is 10.0. The lowest BCUT2D eigenvalue weighted by Crippen LogP contribution is -2.41. The Bertz CT molecular complexity index is 589. The number of aliphatic hydroxyl groups excluding tert-OH is 1. The average Bonchev–Trinajstić information content (AvgIpc) is 2.58. The van der Waals surface area contributed by atoms with Gasteiger partial charge in [-0.3, -0.25) is 9.32 Å². The lowest BCUT2D eigenvalue weighted by molar-refractivity contribution is -0.121. The van der Waals surface area contributed by atoms with Crippen molar-refractivity contribution in [2.24, 2.45) is 0 Å². The highest BCUT2D eigenvalue weighted by molar-refractivity contribution is 7.46. The molecule has 0 radical (unpaired) electrons. The van der Waals surface area contributed by atoms with E-state index in [2.05, 4.69) is 16.8 Å². The summed E-state index contributed by atoms with van der Waals surface area (Å²) in [6, 6.07) is 6.97. The van der Waals surface area contributed by atoms with E-state index in [1.165, 1.54) is 31.2 Å². The summed E-state index contributed by atoms with van der Waals surface area (Å²) in [5, 5.41) is 11.7. The third-order valence-electron chi connectivity index (χ3n) is 3.95. The highest BCUT2D eigenvalue weighted by atomic mass is 31.2. The average molecular weight is 387 g/mol. The molecule has 0 heterocycles. The van der Waals surface area contributed by atoms with Crippen molar-refractivity contribution in [1.29, 1.82) is 0 Å². The fourth-order valence-electron chi connectivity index (χ4n) is 2.62. The number of nitrogens with one attached hydrogen (secondary N) is 1. The van der Waals surface area contributed by atoms with E-state index < -0.39 is 27.1 Å². The lowest BCUT2D eigenvalue weighted by Gasteiger charge is -2.16. The van der Waals surface area contributed by atoms with Crippen LogP contribution in [-0.2, 0) is 26.7 Å². The Hall–Kier alpha value is -1.24. The molecule has 1 rings (SSSR count). The molecule has 0 aliphatic rings. The maximum Gasteiger partial charge on any atom is 0.469 e. The van der Waals surface area contributed by atoms with E-state index >= 15 is 0 Å². The number of aryl methyl sites for hydroxylation is 1. The molecule has 0 aliphatic heterocycles. The summed E-state index contributed by atoms with van der Waals surface area (Å²) in [7, 11) is -4.63. The van der Waals surface area contributed by atoms with E-state index in [-0.39, 0.29) is 12.3 Å². The van der Waals surface area contributed by atoms with Crippen LogP contribution in [0.25, 0.3) is 0 Å². The Labute approximate surface area is 155 Å². The van der Waals surface area contributed by atoms with E-state index in [0.717, 1.165) is 18.4 Å². The molecule has 7 nitrogen and oxygen atoms in total. The number of hydrogen-bond acceptors (Lipinski definition) is 4. The van der Waals surface area contributed by atoms with Gasteiger partial charge < -0.3 is 20.2 Å². The van der Waals surface area contributed by atoms with Gasteiger partial charge in [0.1, 0.15) is 0 Å². The smallest absolute Gasteiger partial charge is 0.394 e. The third-order valence-corrected chi connectivity index (χ3v) is 4.44. The molecule has 1 aromatic carbocycles. The van der Waals surface area contributed by atoms with E-state index in [9.17, 15) is 14.5 Å². The monoisotopic (exact) mass is 387 g/mol. The number of unbranched alkanes of at least 4 members (excludes halogenated alkanes) is 4. The van der Waals surface area contributed by atoms with Gasteiger partial charge >= 0.3 is 7.82 Å². The largest absolute Gasteiger partial charge is 0.469 e. The van der Waals surface area contributed by atoms with Gasteiger partial charge in [-0.05, 0) is 24.0 Å². The van der Waals surface area contributed by atoms with Gasteiger partial charge in [0.25, 0.3) is 0 Å². The normalized spacial score (nSPS) is 12.8. The van der Waals surface area contributed by atoms with Crippen LogP contribution in [-0.4, -0.2) is 40.1 Å². The number of amides is 1. The summed E-state index contributed by atoms with van der Waals surface area (Å²) in [5.74, 6) is -0.335. The maximum absolute atomic E-state index is 12.1. The number of phosphoric ester groups is 1. The summed E-state index contributed by atoms with van der Waals surface area (Å²) in [6.45, 7) is 1.27. The molecule has 0 spiro atoms. The fourth-order valence-corrected chi connectivity index (χ4v) is 2.99. The Kier molecular flexibility index (Phi) is 10.7. The van der Waals surface area contributed by atoms with Gasteiger partial charge in [-0.2, -0.15) is 0 Å². The van der Waals surface area contributed by atoms with Crippen molar-refractivity contribution in [2.45, 2.75) is 57.9 Å². The second-order valence-electron chi connectivity index (χ2n) is 6.39. The van der Waals surface area contributed by atoms with Gasteiger partial charge in [0.2, 0.25) is 5.91 Å². The molecule has 0 aromatic heterocycles. The summed E-state index contributed by atoms with van der Waals surface area (Å²) in [6.07, 6.45) is 7.18. The molecule has 148 valence electrons. The van der Waals surface area contributed by atoms with E-state index in [0.29, 0.717) is 0 Å². The quantitative estimate of drug-likeness (QED) is 0.305. The molecule has 26 heavy (non-hydrogen) atoms. The first kappa shape index (κ1) is 22.8. The Morgan fingerprint density at radius 3 is 2.54 bits per heavy atom. The second kappa shape index (κ2) is 12.2. The molecule has 1 atom stereocenters. The van der Waals surface area contributed by atoms with Crippen molar-refractivity contribution < 1.29 is 28.8 Å². The minimum atomic E-state index is -4.63. The van der Waals surface area contributed by atoms with Crippen LogP contribution < -0.4 is 5.32 Å². The first-order valence-electron chi connectivity index (χ1n) is 9.02.